The Bertz CT molecular complexity index is 323. The summed E-state index contributed by atoms with van der Waals surface area (Å²) in [7, 11) is 1.83. The molecule has 0 bridgehead atoms. The van der Waals surface area contributed by atoms with Gasteiger partial charge in [-0.25, -0.2) is 0 Å². The van der Waals surface area contributed by atoms with Crippen LogP contribution in [-0.4, -0.2) is 51.5 Å². The van der Waals surface area contributed by atoms with Crippen molar-refractivity contribution in [1.29, 1.82) is 0 Å². The number of aliphatic imine (C=N–C) groups is 1. The number of guanidine groups is 1. The van der Waals surface area contributed by atoms with Gasteiger partial charge in [0.2, 0.25) is 0 Å². The molecule has 2 N–H and O–H groups in total. The molecule has 1 aliphatic heterocycles. The number of nitrogens with zero attached hydrogens (tertiary/aromatic N) is 1. The molecule has 0 amide bonds. The lowest BCUT2D eigenvalue weighted by molar-refractivity contribution is 0.0168. The van der Waals surface area contributed by atoms with Crippen LogP contribution in [0.2, 0.25) is 0 Å². The van der Waals surface area contributed by atoms with Gasteiger partial charge >= 0.3 is 0 Å². The highest BCUT2D eigenvalue weighted by atomic mass is 127. The van der Waals surface area contributed by atoms with Gasteiger partial charge in [-0.1, -0.05) is 13.3 Å². The predicted molar refractivity (Wildman–Crippen MR) is 101 cm³/mol. The Labute approximate surface area is 152 Å². The van der Waals surface area contributed by atoms with Crippen LogP contribution in [0.4, 0.5) is 0 Å². The maximum Gasteiger partial charge on any atom is 0.191 e. The van der Waals surface area contributed by atoms with Gasteiger partial charge in [-0.2, -0.15) is 0 Å². The molecule has 1 saturated carbocycles. The van der Waals surface area contributed by atoms with E-state index in [0.717, 1.165) is 51.1 Å². The highest BCUT2D eigenvalue weighted by molar-refractivity contribution is 14.0. The van der Waals surface area contributed by atoms with Crippen molar-refractivity contribution in [3.8, 4) is 0 Å². The van der Waals surface area contributed by atoms with Crippen LogP contribution in [0.1, 0.15) is 45.4 Å². The minimum atomic E-state index is 0. The zero-order valence-corrected chi connectivity index (χ0v) is 16.3. The number of hydrogen-bond donors (Lipinski definition) is 2. The maximum atomic E-state index is 5.65. The van der Waals surface area contributed by atoms with Crippen molar-refractivity contribution >= 4 is 29.9 Å². The van der Waals surface area contributed by atoms with E-state index in [4.69, 9.17) is 9.47 Å². The molecule has 0 aromatic rings. The monoisotopic (exact) mass is 425 g/mol. The molecule has 0 aromatic heterocycles. The summed E-state index contributed by atoms with van der Waals surface area (Å²) in [4.78, 5) is 4.28. The average Bonchev–Trinajstić information content (AvgIpc) is 3.01. The molecule has 3 atom stereocenters. The van der Waals surface area contributed by atoms with Gasteiger partial charge in [0, 0.05) is 32.8 Å². The van der Waals surface area contributed by atoms with Crippen molar-refractivity contribution in [3.63, 3.8) is 0 Å². The molecule has 6 heteroatoms. The molecule has 130 valence electrons. The summed E-state index contributed by atoms with van der Waals surface area (Å²) in [6.07, 6.45) is 7.54. The Morgan fingerprint density at radius 3 is 2.95 bits per heavy atom. The first-order valence-corrected chi connectivity index (χ1v) is 8.50. The third-order valence-corrected chi connectivity index (χ3v) is 4.21. The molecule has 5 nitrogen and oxygen atoms in total. The molecule has 2 fully saturated rings. The van der Waals surface area contributed by atoms with Gasteiger partial charge in [0.05, 0.1) is 12.7 Å². The molecule has 1 aliphatic carbocycles. The van der Waals surface area contributed by atoms with Crippen LogP contribution in [0.15, 0.2) is 4.99 Å². The molecular formula is C16H32IN3O2. The second-order valence-corrected chi connectivity index (χ2v) is 6.10. The van der Waals surface area contributed by atoms with E-state index in [1.807, 2.05) is 7.05 Å². The van der Waals surface area contributed by atoms with E-state index in [9.17, 15) is 0 Å². The van der Waals surface area contributed by atoms with Gasteiger partial charge in [-0.05, 0) is 38.0 Å². The highest BCUT2D eigenvalue weighted by Crippen LogP contribution is 2.34. The summed E-state index contributed by atoms with van der Waals surface area (Å²) in [5.74, 6) is 1.78. The molecule has 2 aliphatic rings. The lowest BCUT2D eigenvalue weighted by atomic mass is 10.2. The SMILES string of the molecule is CCCC1CC1NC(=NC)NCCCOCC1CCCO1.I. The van der Waals surface area contributed by atoms with Gasteiger partial charge < -0.3 is 20.1 Å². The van der Waals surface area contributed by atoms with Crippen molar-refractivity contribution in [2.75, 3.05) is 33.4 Å². The second-order valence-electron chi connectivity index (χ2n) is 6.10. The van der Waals surface area contributed by atoms with Crippen LogP contribution in [0, 0.1) is 5.92 Å². The van der Waals surface area contributed by atoms with E-state index in [1.165, 1.54) is 25.7 Å². The lowest BCUT2D eigenvalue weighted by Gasteiger charge is -2.13. The number of ether oxygens (including phenoxy) is 2. The topological polar surface area (TPSA) is 54.9 Å². The molecule has 3 unspecified atom stereocenters. The maximum absolute atomic E-state index is 5.65. The van der Waals surface area contributed by atoms with E-state index < -0.39 is 0 Å². The molecule has 1 heterocycles. The normalized spacial score (nSPS) is 27.4. The van der Waals surface area contributed by atoms with Crippen molar-refractivity contribution < 1.29 is 9.47 Å². The van der Waals surface area contributed by atoms with E-state index in [0.29, 0.717) is 12.1 Å². The van der Waals surface area contributed by atoms with E-state index in [-0.39, 0.29) is 24.0 Å². The second kappa shape index (κ2) is 11.5. The fourth-order valence-corrected chi connectivity index (χ4v) is 2.86. The number of hydrogen-bond acceptors (Lipinski definition) is 3. The van der Waals surface area contributed by atoms with Crippen LogP contribution in [-0.2, 0) is 9.47 Å². The van der Waals surface area contributed by atoms with Crippen molar-refractivity contribution in [2.45, 2.75) is 57.6 Å². The Kier molecular flexibility index (Phi) is 10.4. The minimum absolute atomic E-state index is 0. The van der Waals surface area contributed by atoms with E-state index in [2.05, 4.69) is 22.5 Å². The van der Waals surface area contributed by atoms with Gasteiger partial charge in [-0.15, -0.1) is 24.0 Å². The summed E-state index contributed by atoms with van der Waals surface area (Å²) in [6, 6.07) is 0.631. The third kappa shape index (κ3) is 7.46. The van der Waals surface area contributed by atoms with Gasteiger partial charge in [0.1, 0.15) is 0 Å². The van der Waals surface area contributed by atoms with Crippen molar-refractivity contribution in [1.82, 2.24) is 10.6 Å². The molecule has 0 aromatic carbocycles. The smallest absolute Gasteiger partial charge is 0.191 e. The Hall–Kier alpha value is -0.0800. The number of halogens is 1. The van der Waals surface area contributed by atoms with Crippen LogP contribution < -0.4 is 10.6 Å². The Morgan fingerprint density at radius 2 is 2.27 bits per heavy atom. The highest BCUT2D eigenvalue weighted by Gasteiger charge is 2.36. The molecule has 22 heavy (non-hydrogen) atoms. The third-order valence-electron chi connectivity index (χ3n) is 4.21. The van der Waals surface area contributed by atoms with Gasteiger partial charge in [0.25, 0.3) is 0 Å². The fraction of sp³-hybridized carbons (Fsp3) is 0.938. The quantitative estimate of drug-likeness (QED) is 0.258. The van der Waals surface area contributed by atoms with Crippen molar-refractivity contribution in [3.05, 3.63) is 0 Å². The molecule has 1 saturated heterocycles. The fourth-order valence-electron chi connectivity index (χ4n) is 2.86. The first-order chi connectivity index (χ1) is 10.3. The summed E-state index contributed by atoms with van der Waals surface area (Å²) in [6.45, 7) is 5.58. The number of rotatable bonds is 9. The van der Waals surface area contributed by atoms with E-state index in [1.54, 1.807) is 0 Å². The predicted octanol–water partition coefficient (Wildman–Crippen LogP) is 2.54. The molecule has 0 radical (unpaired) electrons. The zero-order valence-electron chi connectivity index (χ0n) is 14.0. The standard InChI is InChI=1S/C16H31N3O2.HI/c1-3-6-13-11-15(13)19-16(17-2)18-8-5-9-20-12-14-7-4-10-21-14;/h13-15H,3-12H2,1-2H3,(H2,17,18,19);1H. The lowest BCUT2D eigenvalue weighted by Crippen LogP contribution is -2.39. The summed E-state index contributed by atoms with van der Waals surface area (Å²) in [5, 5.41) is 6.85. The summed E-state index contributed by atoms with van der Waals surface area (Å²) < 4.78 is 11.2. The summed E-state index contributed by atoms with van der Waals surface area (Å²) >= 11 is 0. The molecule has 2 rings (SSSR count). The largest absolute Gasteiger partial charge is 0.379 e. The number of nitrogens with one attached hydrogen (secondary N) is 2. The molecular weight excluding hydrogens is 393 g/mol. The van der Waals surface area contributed by atoms with Crippen LogP contribution in [0.3, 0.4) is 0 Å². The molecule has 0 spiro atoms. The van der Waals surface area contributed by atoms with Crippen LogP contribution >= 0.6 is 24.0 Å². The van der Waals surface area contributed by atoms with Crippen LogP contribution in [0.5, 0.6) is 0 Å². The first-order valence-electron chi connectivity index (χ1n) is 8.50. The Morgan fingerprint density at radius 1 is 1.41 bits per heavy atom. The minimum Gasteiger partial charge on any atom is -0.379 e. The van der Waals surface area contributed by atoms with Crippen molar-refractivity contribution in [2.24, 2.45) is 10.9 Å². The zero-order chi connectivity index (χ0) is 14.9. The van der Waals surface area contributed by atoms with E-state index >= 15 is 0 Å². The average molecular weight is 425 g/mol. The first kappa shape index (κ1) is 20.0. The Balaban J connectivity index is 0.00000242. The van der Waals surface area contributed by atoms with Gasteiger partial charge in [-0.3, -0.25) is 4.99 Å². The summed E-state index contributed by atoms with van der Waals surface area (Å²) in [5.41, 5.74) is 0. The van der Waals surface area contributed by atoms with Crippen LogP contribution in [0.25, 0.3) is 0 Å². The van der Waals surface area contributed by atoms with Gasteiger partial charge in [0.15, 0.2) is 5.96 Å².